The van der Waals surface area contributed by atoms with Crippen LogP contribution in [0.3, 0.4) is 0 Å². The van der Waals surface area contributed by atoms with Crippen molar-refractivity contribution in [2.24, 2.45) is 4.99 Å². The number of benzene rings is 1. The van der Waals surface area contributed by atoms with Gasteiger partial charge in [-0.1, -0.05) is 18.2 Å². The van der Waals surface area contributed by atoms with Crippen molar-refractivity contribution in [2.45, 2.75) is 19.4 Å². The Bertz CT molecular complexity index is 445. The number of hydrogen-bond acceptors (Lipinski definition) is 4. The van der Waals surface area contributed by atoms with Gasteiger partial charge in [0, 0.05) is 0 Å². The van der Waals surface area contributed by atoms with Gasteiger partial charge in [0.25, 0.3) is 0 Å². The third-order valence-electron chi connectivity index (χ3n) is 2.32. The van der Waals surface area contributed by atoms with Crippen LogP contribution in [0.2, 0.25) is 0 Å². The summed E-state index contributed by atoms with van der Waals surface area (Å²) >= 11 is 0. The molecular formula is C12H13NO3. The highest BCUT2D eigenvalue weighted by atomic mass is 16.5. The predicted molar refractivity (Wildman–Crippen MR) is 58.9 cm³/mol. The van der Waals surface area contributed by atoms with E-state index in [1.807, 2.05) is 0 Å². The lowest BCUT2D eigenvalue weighted by Crippen LogP contribution is -2.19. The van der Waals surface area contributed by atoms with Crippen LogP contribution in [0, 0.1) is 0 Å². The lowest BCUT2D eigenvalue weighted by molar-refractivity contribution is 0.0598. The number of hydrogen-bond donors (Lipinski definition) is 0. The lowest BCUT2D eigenvalue weighted by Gasteiger charge is -2.20. The number of carbonyl (C=O) groups excluding carboxylic acids is 2. The standard InChI is InChI=1S/C12H13NO3/c1-12(2,13-8-14)10-7-5-4-6-9(10)11(15)16-3/h4-7H,1-3H3. The van der Waals surface area contributed by atoms with Gasteiger partial charge in [0.2, 0.25) is 6.08 Å². The average molecular weight is 219 g/mol. The Labute approximate surface area is 94.0 Å². The Kier molecular flexibility index (Phi) is 3.59. The zero-order chi connectivity index (χ0) is 12.2. The second-order valence-corrected chi connectivity index (χ2v) is 3.80. The summed E-state index contributed by atoms with van der Waals surface area (Å²) in [6, 6.07) is 6.90. The minimum absolute atomic E-state index is 0.411. The number of nitrogens with zero attached hydrogens (tertiary/aromatic N) is 1. The molecule has 0 atom stereocenters. The van der Waals surface area contributed by atoms with Crippen molar-refractivity contribution in [2.75, 3.05) is 7.11 Å². The Balaban J connectivity index is 3.33. The van der Waals surface area contributed by atoms with Gasteiger partial charge in [0.15, 0.2) is 0 Å². The summed E-state index contributed by atoms with van der Waals surface area (Å²) < 4.78 is 4.67. The maximum Gasteiger partial charge on any atom is 0.338 e. The molecule has 0 aliphatic heterocycles. The molecule has 16 heavy (non-hydrogen) atoms. The maximum atomic E-state index is 11.5. The summed E-state index contributed by atoms with van der Waals surface area (Å²) in [5, 5.41) is 0. The number of methoxy groups -OCH3 is 1. The van der Waals surface area contributed by atoms with Crippen LogP contribution in [0.25, 0.3) is 0 Å². The summed E-state index contributed by atoms with van der Waals surface area (Å²) in [7, 11) is 1.31. The molecule has 0 aliphatic rings. The molecule has 1 aromatic rings. The zero-order valence-electron chi connectivity index (χ0n) is 9.48. The van der Waals surface area contributed by atoms with E-state index in [-0.39, 0.29) is 0 Å². The second kappa shape index (κ2) is 4.73. The number of rotatable bonds is 3. The first-order valence-electron chi connectivity index (χ1n) is 4.80. The third-order valence-corrected chi connectivity index (χ3v) is 2.32. The van der Waals surface area contributed by atoms with Gasteiger partial charge in [-0.05, 0) is 25.5 Å². The highest BCUT2D eigenvalue weighted by Crippen LogP contribution is 2.27. The van der Waals surface area contributed by atoms with E-state index >= 15 is 0 Å². The summed E-state index contributed by atoms with van der Waals surface area (Å²) in [6.45, 7) is 3.47. The third kappa shape index (κ3) is 2.35. The molecule has 0 bridgehead atoms. The van der Waals surface area contributed by atoms with E-state index in [4.69, 9.17) is 0 Å². The van der Waals surface area contributed by atoms with Gasteiger partial charge in [-0.2, -0.15) is 4.99 Å². The van der Waals surface area contributed by atoms with Gasteiger partial charge in [0.05, 0.1) is 18.2 Å². The van der Waals surface area contributed by atoms with Gasteiger partial charge in [0.1, 0.15) is 0 Å². The lowest BCUT2D eigenvalue weighted by atomic mass is 9.90. The molecule has 0 aromatic heterocycles. The molecule has 0 amide bonds. The number of carbonyl (C=O) groups is 1. The van der Waals surface area contributed by atoms with Crippen molar-refractivity contribution >= 4 is 12.0 Å². The predicted octanol–water partition coefficient (Wildman–Crippen LogP) is 2.04. The Hall–Kier alpha value is -1.93. The minimum atomic E-state index is -0.785. The molecule has 1 rings (SSSR count). The number of isocyanates is 1. The van der Waals surface area contributed by atoms with Crippen LogP contribution in [0.4, 0.5) is 0 Å². The van der Waals surface area contributed by atoms with Crippen LogP contribution < -0.4 is 0 Å². The molecule has 1 aromatic carbocycles. The van der Waals surface area contributed by atoms with Crippen molar-refractivity contribution in [3.63, 3.8) is 0 Å². The fourth-order valence-corrected chi connectivity index (χ4v) is 1.48. The van der Waals surface area contributed by atoms with E-state index in [0.29, 0.717) is 11.1 Å². The maximum absolute atomic E-state index is 11.5. The first-order chi connectivity index (χ1) is 7.53. The van der Waals surface area contributed by atoms with Crippen molar-refractivity contribution in [3.8, 4) is 0 Å². The SMILES string of the molecule is COC(=O)c1ccccc1C(C)(C)N=C=O. The number of aliphatic imine (C=N–C) groups is 1. The Morgan fingerprint density at radius 3 is 2.56 bits per heavy atom. The van der Waals surface area contributed by atoms with Gasteiger partial charge in [-0.3, -0.25) is 0 Å². The van der Waals surface area contributed by atoms with Crippen molar-refractivity contribution in [1.82, 2.24) is 0 Å². The molecule has 0 aliphatic carbocycles. The van der Waals surface area contributed by atoms with Crippen LogP contribution >= 0.6 is 0 Å². The first kappa shape index (κ1) is 12.1. The first-order valence-corrected chi connectivity index (χ1v) is 4.80. The number of esters is 1. The van der Waals surface area contributed by atoms with E-state index < -0.39 is 11.5 Å². The van der Waals surface area contributed by atoms with E-state index in [9.17, 15) is 9.59 Å². The van der Waals surface area contributed by atoms with E-state index in [0.717, 1.165) is 0 Å². The number of ether oxygens (including phenoxy) is 1. The summed E-state index contributed by atoms with van der Waals surface area (Å²) in [5.74, 6) is -0.440. The molecule has 0 unspecified atom stereocenters. The van der Waals surface area contributed by atoms with Gasteiger partial charge < -0.3 is 4.74 Å². The van der Waals surface area contributed by atoms with Crippen molar-refractivity contribution in [1.29, 1.82) is 0 Å². The Morgan fingerprint density at radius 2 is 2.00 bits per heavy atom. The smallest absolute Gasteiger partial charge is 0.338 e. The van der Waals surface area contributed by atoms with Crippen molar-refractivity contribution < 1.29 is 14.3 Å². The quantitative estimate of drug-likeness (QED) is 0.444. The average Bonchev–Trinajstić information content (AvgIpc) is 2.28. The molecule has 4 heteroatoms. The fraction of sp³-hybridized carbons (Fsp3) is 0.333. The van der Waals surface area contributed by atoms with Crippen LogP contribution in [-0.2, 0) is 15.1 Å². The topological polar surface area (TPSA) is 55.7 Å². The zero-order valence-corrected chi connectivity index (χ0v) is 9.48. The van der Waals surface area contributed by atoms with Crippen LogP contribution in [0.5, 0.6) is 0 Å². The summed E-state index contributed by atoms with van der Waals surface area (Å²) in [5.41, 5.74) is 0.270. The van der Waals surface area contributed by atoms with Crippen LogP contribution in [0.15, 0.2) is 29.3 Å². The molecule has 0 radical (unpaired) electrons. The fourth-order valence-electron chi connectivity index (χ4n) is 1.48. The summed E-state index contributed by atoms with van der Waals surface area (Å²) in [6.07, 6.45) is 1.51. The van der Waals surface area contributed by atoms with E-state index in [1.165, 1.54) is 13.2 Å². The molecule has 0 heterocycles. The van der Waals surface area contributed by atoms with Gasteiger partial charge in [-0.15, -0.1) is 0 Å². The molecular weight excluding hydrogens is 206 g/mol. The molecule has 0 fully saturated rings. The van der Waals surface area contributed by atoms with Crippen LogP contribution in [0.1, 0.15) is 29.8 Å². The Morgan fingerprint density at radius 1 is 1.38 bits per heavy atom. The van der Waals surface area contributed by atoms with E-state index in [2.05, 4.69) is 9.73 Å². The highest BCUT2D eigenvalue weighted by molar-refractivity contribution is 5.91. The monoisotopic (exact) mass is 219 g/mol. The molecule has 0 N–H and O–H groups in total. The normalized spacial score (nSPS) is 10.4. The van der Waals surface area contributed by atoms with Gasteiger partial charge >= 0.3 is 5.97 Å². The second-order valence-electron chi connectivity index (χ2n) is 3.80. The largest absolute Gasteiger partial charge is 0.465 e. The van der Waals surface area contributed by atoms with E-state index in [1.54, 1.807) is 38.1 Å². The van der Waals surface area contributed by atoms with Crippen molar-refractivity contribution in [3.05, 3.63) is 35.4 Å². The van der Waals surface area contributed by atoms with Crippen LogP contribution in [-0.4, -0.2) is 19.2 Å². The molecule has 4 nitrogen and oxygen atoms in total. The molecule has 0 saturated heterocycles. The summed E-state index contributed by atoms with van der Waals surface area (Å²) in [4.78, 5) is 25.6. The molecule has 84 valence electrons. The highest BCUT2D eigenvalue weighted by Gasteiger charge is 2.25. The minimum Gasteiger partial charge on any atom is -0.465 e. The molecule has 0 saturated carbocycles. The van der Waals surface area contributed by atoms with Gasteiger partial charge in [-0.25, -0.2) is 9.59 Å². The molecule has 0 spiro atoms.